The van der Waals surface area contributed by atoms with Gasteiger partial charge in [0, 0.05) is 17.8 Å². The van der Waals surface area contributed by atoms with Gasteiger partial charge in [0.05, 0.1) is 0 Å². The van der Waals surface area contributed by atoms with Crippen LogP contribution in [0.1, 0.15) is 43.7 Å². The van der Waals surface area contributed by atoms with Crippen LogP contribution in [0.2, 0.25) is 0 Å². The van der Waals surface area contributed by atoms with E-state index in [2.05, 4.69) is 28.9 Å². The van der Waals surface area contributed by atoms with Gasteiger partial charge in [-0.15, -0.1) is 0 Å². The maximum absolute atomic E-state index is 11.3. The fraction of sp³-hybridized carbons (Fsp3) is 0.471. The molecule has 2 atom stereocenters. The Balaban J connectivity index is 1.71. The predicted molar refractivity (Wildman–Crippen MR) is 81.6 cm³/mol. The normalized spacial score (nSPS) is 26.0. The average molecular weight is 270 g/mol. The van der Waals surface area contributed by atoms with Crippen LogP contribution < -0.4 is 5.32 Å². The summed E-state index contributed by atoms with van der Waals surface area (Å²) in [5.74, 6) is -0.158. The number of piperidine rings is 1. The highest BCUT2D eigenvalue weighted by Gasteiger charge is 2.35. The van der Waals surface area contributed by atoms with Gasteiger partial charge in [0.15, 0.2) is 0 Å². The lowest BCUT2D eigenvalue weighted by atomic mass is 10.0. The van der Waals surface area contributed by atoms with E-state index in [0.717, 1.165) is 11.7 Å². The smallest absolute Gasteiger partial charge is 0.247 e. The molecule has 1 aromatic carbocycles. The Morgan fingerprint density at radius 1 is 1.20 bits per heavy atom. The van der Waals surface area contributed by atoms with E-state index >= 15 is 0 Å². The van der Waals surface area contributed by atoms with Crippen molar-refractivity contribution < 1.29 is 4.79 Å². The van der Waals surface area contributed by atoms with Gasteiger partial charge in [-0.2, -0.15) is 0 Å². The second kappa shape index (κ2) is 5.80. The van der Waals surface area contributed by atoms with Gasteiger partial charge in [-0.25, -0.2) is 0 Å². The minimum atomic E-state index is -0.158. The molecule has 0 saturated carbocycles. The van der Waals surface area contributed by atoms with Crippen molar-refractivity contribution in [3.05, 3.63) is 42.5 Å². The summed E-state index contributed by atoms with van der Waals surface area (Å²) < 4.78 is 0. The number of nitrogens with one attached hydrogen (secondary N) is 1. The second-order valence-corrected chi connectivity index (χ2v) is 5.80. The van der Waals surface area contributed by atoms with E-state index in [1.807, 2.05) is 12.1 Å². The number of carbonyl (C=O) groups is 1. The molecule has 3 nitrogen and oxygen atoms in total. The molecular weight excluding hydrogens is 248 g/mol. The maximum atomic E-state index is 11.3. The molecule has 2 heterocycles. The van der Waals surface area contributed by atoms with Gasteiger partial charge in [-0.1, -0.05) is 25.1 Å². The fourth-order valence-corrected chi connectivity index (χ4v) is 3.60. The average Bonchev–Trinajstić information content (AvgIpc) is 2.92. The number of fused-ring (bicyclic) bond motifs is 1. The molecule has 20 heavy (non-hydrogen) atoms. The molecule has 2 aliphatic heterocycles. The number of benzene rings is 1. The summed E-state index contributed by atoms with van der Waals surface area (Å²) in [4.78, 5) is 14.0. The Bertz CT molecular complexity index is 494. The molecule has 2 saturated heterocycles. The molecule has 1 N–H and O–H groups in total. The summed E-state index contributed by atoms with van der Waals surface area (Å²) >= 11 is 0. The molecule has 3 rings (SSSR count). The van der Waals surface area contributed by atoms with Gasteiger partial charge in [-0.05, 0) is 56.0 Å². The summed E-state index contributed by atoms with van der Waals surface area (Å²) in [5, 5.41) is 2.80. The quantitative estimate of drug-likeness (QED) is 0.853. The van der Waals surface area contributed by atoms with Gasteiger partial charge in [0.2, 0.25) is 5.91 Å². The third kappa shape index (κ3) is 2.63. The topological polar surface area (TPSA) is 32.3 Å². The third-order valence-electron chi connectivity index (χ3n) is 4.59. The van der Waals surface area contributed by atoms with Crippen molar-refractivity contribution in [2.24, 2.45) is 0 Å². The van der Waals surface area contributed by atoms with Crippen LogP contribution in [-0.4, -0.2) is 23.4 Å². The van der Waals surface area contributed by atoms with E-state index in [1.54, 1.807) is 0 Å². The lowest BCUT2D eigenvalue weighted by Crippen LogP contribution is -2.35. The minimum absolute atomic E-state index is 0.158. The molecule has 0 aromatic heterocycles. The van der Waals surface area contributed by atoms with Gasteiger partial charge in [0.1, 0.15) is 0 Å². The summed E-state index contributed by atoms with van der Waals surface area (Å²) in [6.07, 6.45) is 7.98. The molecule has 2 aliphatic rings. The van der Waals surface area contributed by atoms with E-state index in [9.17, 15) is 4.79 Å². The van der Waals surface area contributed by atoms with Crippen LogP contribution in [-0.2, 0) is 4.79 Å². The van der Waals surface area contributed by atoms with Crippen LogP contribution in [0.25, 0.3) is 0 Å². The summed E-state index contributed by atoms with van der Waals surface area (Å²) in [6.45, 7) is 4.70. The van der Waals surface area contributed by atoms with Gasteiger partial charge in [-0.3, -0.25) is 9.69 Å². The van der Waals surface area contributed by atoms with Crippen molar-refractivity contribution >= 4 is 11.6 Å². The van der Waals surface area contributed by atoms with E-state index in [4.69, 9.17) is 0 Å². The molecule has 1 amide bonds. The largest absolute Gasteiger partial charge is 0.323 e. The number of rotatable bonds is 3. The fourth-order valence-electron chi connectivity index (χ4n) is 3.60. The van der Waals surface area contributed by atoms with E-state index in [-0.39, 0.29) is 5.91 Å². The van der Waals surface area contributed by atoms with E-state index < -0.39 is 0 Å². The number of nitrogens with zero attached hydrogens (tertiary/aromatic N) is 1. The molecule has 0 bridgehead atoms. The number of carbonyl (C=O) groups excluding carboxylic acids is 1. The highest BCUT2D eigenvalue weighted by molar-refractivity contribution is 5.98. The van der Waals surface area contributed by atoms with Crippen molar-refractivity contribution in [3.63, 3.8) is 0 Å². The van der Waals surface area contributed by atoms with Crippen molar-refractivity contribution in [2.45, 2.75) is 44.2 Å². The second-order valence-electron chi connectivity index (χ2n) is 5.80. The first kappa shape index (κ1) is 13.4. The lowest BCUT2D eigenvalue weighted by Gasteiger charge is -2.34. The molecule has 0 aliphatic carbocycles. The van der Waals surface area contributed by atoms with Crippen LogP contribution in [0.15, 0.2) is 36.9 Å². The van der Waals surface area contributed by atoms with Gasteiger partial charge < -0.3 is 5.32 Å². The Morgan fingerprint density at radius 2 is 2.00 bits per heavy atom. The first-order chi connectivity index (χ1) is 9.78. The van der Waals surface area contributed by atoms with Gasteiger partial charge >= 0.3 is 0 Å². The SMILES string of the molecule is C=CC(=O)Nc1ccc([C@H]2CC[C@H]3CCCCN32)cc1. The van der Waals surface area contributed by atoms with E-state index in [1.165, 1.54) is 50.3 Å². The highest BCUT2D eigenvalue weighted by Crippen LogP contribution is 2.40. The Morgan fingerprint density at radius 3 is 2.75 bits per heavy atom. The predicted octanol–water partition coefficient (Wildman–Crippen LogP) is 3.50. The molecule has 3 heteroatoms. The Hall–Kier alpha value is -1.61. The van der Waals surface area contributed by atoms with E-state index in [0.29, 0.717) is 6.04 Å². The Kier molecular flexibility index (Phi) is 3.88. The van der Waals surface area contributed by atoms with Crippen molar-refractivity contribution in [1.82, 2.24) is 4.90 Å². The van der Waals surface area contributed by atoms with Crippen LogP contribution >= 0.6 is 0 Å². The monoisotopic (exact) mass is 270 g/mol. The van der Waals surface area contributed by atoms with Crippen molar-refractivity contribution in [3.8, 4) is 0 Å². The number of amides is 1. The van der Waals surface area contributed by atoms with Crippen LogP contribution in [0.5, 0.6) is 0 Å². The zero-order valence-electron chi connectivity index (χ0n) is 11.8. The standard InChI is InChI=1S/C17H22N2O/c1-2-17(20)18-14-8-6-13(7-9-14)16-11-10-15-5-3-4-12-19(15)16/h2,6-9,15-16H,1,3-5,10-12H2,(H,18,20)/t15-,16-/m1/s1. The molecule has 0 radical (unpaired) electrons. The molecule has 1 aromatic rings. The molecule has 2 fully saturated rings. The third-order valence-corrected chi connectivity index (χ3v) is 4.59. The summed E-state index contributed by atoms with van der Waals surface area (Å²) in [5.41, 5.74) is 2.22. The molecule has 0 spiro atoms. The number of anilines is 1. The summed E-state index contributed by atoms with van der Waals surface area (Å²) in [7, 11) is 0. The Labute approximate surface area is 120 Å². The first-order valence-electron chi connectivity index (χ1n) is 7.57. The highest BCUT2D eigenvalue weighted by atomic mass is 16.1. The van der Waals surface area contributed by atoms with Crippen molar-refractivity contribution in [2.75, 3.05) is 11.9 Å². The number of hydrogen-bond donors (Lipinski definition) is 1. The zero-order chi connectivity index (χ0) is 13.9. The maximum Gasteiger partial charge on any atom is 0.247 e. The zero-order valence-corrected chi connectivity index (χ0v) is 11.8. The molecule has 106 valence electrons. The number of hydrogen-bond acceptors (Lipinski definition) is 2. The minimum Gasteiger partial charge on any atom is -0.323 e. The van der Waals surface area contributed by atoms with Gasteiger partial charge in [0.25, 0.3) is 0 Å². The molecular formula is C17H22N2O. The van der Waals surface area contributed by atoms with Crippen LogP contribution in [0.4, 0.5) is 5.69 Å². The lowest BCUT2D eigenvalue weighted by molar-refractivity contribution is -0.111. The molecule has 0 unspecified atom stereocenters. The van der Waals surface area contributed by atoms with Crippen LogP contribution in [0.3, 0.4) is 0 Å². The first-order valence-corrected chi connectivity index (χ1v) is 7.57. The van der Waals surface area contributed by atoms with Crippen molar-refractivity contribution in [1.29, 1.82) is 0 Å². The summed E-state index contributed by atoms with van der Waals surface area (Å²) in [6, 6.07) is 9.67. The van der Waals surface area contributed by atoms with Crippen LogP contribution in [0, 0.1) is 0 Å².